The van der Waals surface area contributed by atoms with E-state index in [4.69, 9.17) is 49.7 Å². The molecule has 26 nitrogen and oxygen atoms in total. The third-order valence-corrected chi connectivity index (χ3v) is 12.9. The van der Waals surface area contributed by atoms with Crippen LogP contribution in [0.15, 0.2) is 98.1 Å². The summed E-state index contributed by atoms with van der Waals surface area (Å²) in [6.07, 6.45) is 5.14. The summed E-state index contributed by atoms with van der Waals surface area (Å²) in [5.41, 5.74) is 13.8. The number of nitrogens with two attached hydrogens (primary N) is 2. The first kappa shape index (κ1) is 59.2. The fourth-order valence-corrected chi connectivity index (χ4v) is 9.74. The highest BCUT2D eigenvalue weighted by Crippen LogP contribution is 2.45. The summed E-state index contributed by atoms with van der Waals surface area (Å²) in [7, 11) is -7.28. The van der Waals surface area contributed by atoms with Crippen LogP contribution in [0.1, 0.15) is 55.4 Å². The van der Waals surface area contributed by atoms with Gasteiger partial charge in [0.2, 0.25) is 0 Å². The Kier molecular flexibility index (Phi) is 22.6. The maximum atomic E-state index is 13.6. The molecule has 0 saturated carbocycles. The van der Waals surface area contributed by atoms with Crippen LogP contribution in [0, 0.1) is 0 Å². The first-order chi connectivity index (χ1) is 35.0. The molecule has 4 aromatic heterocycles. The van der Waals surface area contributed by atoms with E-state index in [0.717, 1.165) is 0 Å². The van der Waals surface area contributed by atoms with Crippen molar-refractivity contribution in [3.8, 4) is 11.5 Å². The van der Waals surface area contributed by atoms with Crippen molar-refractivity contribution in [1.29, 1.82) is 0 Å². The van der Waals surface area contributed by atoms with E-state index >= 15 is 0 Å². The summed E-state index contributed by atoms with van der Waals surface area (Å²) in [6.45, 7) is 14.5. The molecule has 2 aromatic carbocycles. The van der Waals surface area contributed by atoms with Crippen LogP contribution in [0.5, 0.6) is 11.5 Å². The van der Waals surface area contributed by atoms with Gasteiger partial charge in [-0.1, -0.05) is 36.4 Å². The number of aromatic nitrogens is 8. The van der Waals surface area contributed by atoms with Gasteiger partial charge in [-0.15, -0.1) is 0 Å². The molecule has 0 unspecified atom stereocenters. The summed E-state index contributed by atoms with van der Waals surface area (Å²) in [6, 6.07) is 15.7. The van der Waals surface area contributed by atoms with Crippen LogP contribution in [0.3, 0.4) is 0 Å². The third kappa shape index (κ3) is 19.6. The molecule has 0 amide bonds. The molecule has 0 aliphatic carbocycles. The van der Waals surface area contributed by atoms with E-state index in [-0.39, 0.29) is 37.1 Å². The number of ether oxygens (including phenoxy) is 4. The zero-order chi connectivity index (χ0) is 54.6. The largest absolute Gasteiger partial charge is 0.478 e. The summed E-state index contributed by atoms with van der Waals surface area (Å²) < 4.78 is 64.4. The summed E-state index contributed by atoms with van der Waals surface area (Å²) in [4.78, 5) is 68.4. The second-order valence-corrected chi connectivity index (χ2v) is 20.8. The first-order valence-electron chi connectivity index (χ1n) is 22.8. The number of anilines is 2. The Morgan fingerprint density at radius 1 is 0.581 bits per heavy atom. The number of benzene rings is 2. The maximum Gasteiger partial charge on any atom is 0.342 e. The smallest absolute Gasteiger partial charge is 0.342 e. The van der Waals surface area contributed by atoms with Crippen LogP contribution >= 0.6 is 15.0 Å². The Bertz CT molecular complexity index is 2710. The molecule has 400 valence electrons. The number of hydrogen-bond donors (Lipinski definition) is 6. The molecule has 28 heteroatoms. The number of fused-ring (bicyclic) bond motifs is 2. The van der Waals surface area contributed by atoms with Crippen LogP contribution in [-0.4, -0.2) is 122 Å². The number of carbonyl (C=O) groups is 4. The lowest BCUT2D eigenvalue weighted by atomic mass is 10.3. The van der Waals surface area contributed by atoms with Crippen LogP contribution in [0.4, 0.5) is 11.6 Å². The third-order valence-electron chi connectivity index (χ3n) is 9.38. The van der Waals surface area contributed by atoms with E-state index in [2.05, 4.69) is 40.1 Å². The molecule has 0 bridgehead atoms. The van der Waals surface area contributed by atoms with Crippen LogP contribution in [-0.2, 0) is 60.3 Å². The van der Waals surface area contributed by atoms with Gasteiger partial charge in [0, 0.05) is 12.2 Å². The Labute approximate surface area is 426 Å². The topological polar surface area (TPSA) is 362 Å². The normalized spacial score (nSPS) is 14.6. The Morgan fingerprint density at radius 2 is 0.932 bits per heavy atom. The van der Waals surface area contributed by atoms with Crippen molar-refractivity contribution >= 4 is 72.9 Å². The molecule has 0 saturated heterocycles. The molecule has 74 heavy (non-hydrogen) atoms. The van der Waals surface area contributed by atoms with Gasteiger partial charge in [0.1, 0.15) is 60.0 Å². The maximum absolute atomic E-state index is 13.6. The molecule has 6 rings (SSSR count). The van der Waals surface area contributed by atoms with Gasteiger partial charge in [0.25, 0.3) is 0 Å². The molecule has 6 aromatic rings. The zero-order valence-corrected chi connectivity index (χ0v) is 43.7. The van der Waals surface area contributed by atoms with E-state index < -0.39 is 51.0 Å². The van der Waals surface area contributed by atoms with Gasteiger partial charge in [-0.25, -0.2) is 49.7 Å². The van der Waals surface area contributed by atoms with Gasteiger partial charge in [0.05, 0.1) is 50.2 Å². The summed E-state index contributed by atoms with van der Waals surface area (Å²) >= 11 is 0. The molecule has 8 N–H and O–H groups in total. The summed E-state index contributed by atoms with van der Waals surface area (Å²) in [5, 5.41) is 21.2. The van der Waals surface area contributed by atoms with Gasteiger partial charge >= 0.3 is 38.9 Å². The number of nitrogen functional groups attached to an aromatic ring is 2. The molecular formula is C46H62N12O14P2. The lowest BCUT2D eigenvalue weighted by Gasteiger charge is -2.25. The first-order valence-corrected chi connectivity index (χ1v) is 26.4. The second kappa shape index (κ2) is 28.2. The number of carbonyl (C=O) groups excluding carboxylic acids is 2. The number of nitrogens with one attached hydrogen (secondary N) is 2. The number of carboxylic acids is 2. The Morgan fingerprint density at radius 3 is 1.26 bits per heavy atom. The van der Waals surface area contributed by atoms with E-state index in [9.17, 15) is 28.3 Å². The molecule has 0 aliphatic rings. The van der Waals surface area contributed by atoms with Crippen molar-refractivity contribution in [3.05, 3.63) is 98.1 Å². The average Bonchev–Trinajstić information content (AvgIpc) is 3.95. The van der Waals surface area contributed by atoms with Crippen LogP contribution in [0.2, 0.25) is 0 Å². The number of nitrogens with zero attached hydrogens (tertiary/aromatic N) is 8. The zero-order valence-electron chi connectivity index (χ0n) is 42.0. The van der Waals surface area contributed by atoms with Crippen LogP contribution < -0.4 is 30.7 Å². The number of aliphatic carboxylic acids is 2. The van der Waals surface area contributed by atoms with E-state index in [1.807, 2.05) is 26.0 Å². The van der Waals surface area contributed by atoms with E-state index in [1.54, 1.807) is 112 Å². The number of esters is 2. The SMILES string of the molecule is CC(C)OC(=O)[C@H](C)N[P@](=O)(CO[C@H](C)Cn1cnc2c(N)ncnc21)Oc1ccccc1.CC(C)OC(=O)[C@H](C)N[P@](=O)(CO[C@H](C)Cn1cnc2c(N)ncnc21)Oc1ccccc1.O=C(O)/C=C/C(=O)O. The lowest BCUT2D eigenvalue weighted by Crippen LogP contribution is -2.37. The van der Waals surface area contributed by atoms with Crippen molar-refractivity contribution in [2.75, 3.05) is 24.2 Å². The van der Waals surface area contributed by atoms with Gasteiger partial charge in [-0.2, -0.15) is 0 Å². The standard InChI is InChI=1S/2C21H29N6O5P.C4H4O4/c2*1-14(2)31-21(28)16(4)26-33(29,32-17-8-6-5-7-9-17)13-30-15(3)10-27-12-25-18-19(22)23-11-24-20(18)27;5-3(6)1-2-4(7)8/h2*5-9,11-12,14-16H,10,13H2,1-4H3,(H,26,29)(H2,22,23,24);1-2H,(H,5,6)(H,7,8)/b;;2-1+/t2*15-,16+,33+;/m11./s1. The highest BCUT2D eigenvalue weighted by atomic mass is 31.2. The van der Waals surface area contributed by atoms with Gasteiger partial charge in [0.15, 0.2) is 22.9 Å². The van der Waals surface area contributed by atoms with Crippen molar-refractivity contribution in [2.24, 2.45) is 0 Å². The predicted molar refractivity (Wildman–Crippen MR) is 272 cm³/mol. The second-order valence-electron chi connectivity index (χ2n) is 16.7. The average molecular weight is 1070 g/mol. The fourth-order valence-electron chi connectivity index (χ4n) is 6.16. The minimum atomic E-state index is -3.64. The highest BCUT2D eigenvalue weighted by molar-refractivity contribution is 7.57. The van der Waals surface area contributed by atoms with Gasteiger partial charge in [-0.05, 0) is 79.7 Å². The number of imidazole rings is 2. The van der Waals surface area contributed by atoms with Crippen molar-refractivity contribution < 1.29 is 66.5 Å². The van der Waals surface area contributed by atoms with E-state index in [1.165, 1.54) is 12.7 Å². The quantitative estimate of drug-likeness (QED) is 0.0242. The van der Waals surface area contributed by atoms with Gasteiger partial charge in [-0.3, -0.25) is 18.7 Å². The van der Waals surface area contributed by atoms with Crippen molar-refractivity contribution in [2.45, 2.75) is 105 Å². The molecule has 0 fully saturated rings. The molecule has 0 radical (unpaired) electrons. The predicted octanol–water partition coefficient (Wildman–Crippen LogP) is 5.66. The van der Waals surface area contributed by atoms with Crippen LogP contribution in [0.25, 0.3) is 22.3 Å². The molecule has 6 atom stereocenters. The number of hydrogen-bond acceptors (Lipinski definition) is 20. The fraction of sp³-hybridized carbons (Fsp3) is 0.391. The summed E-state index contributed by atoms with van der Waals surface area (Å²) in [5.74, 6) is -2.21. The van der Waals surface area contributed by atoms with Crippen molar-refractivity contribution in [1.82, 2.24) is 49.2 Å². The molecule has 4 heterocycles. The van der Waals surface area contributed by atoms with E-state index in [0.29, 0.717) is 70.7 Å². The number of rotatable bonds is 24. The lowest BCUT2D eigenvalue weighted by molar-refractivity contribution is -0.149. The molecule has 0 aliphatic heterocycles. The monoisotopic (exact) mass is 1070 g/mol. The number of carboxylic acid groups (broad SMARTS) is 2. The highest BCUT2D eigenvalue weighted by Gasteiger charge is 2.33. The Balaban J connectivity index is 0.000000279. The molecule has 0 spiro atoms. The molecular weight excluding hydrogens is 1010 g/mol. The minimum Gasteiger partial charge on any atom is -0.478 e. The van der Waals surface area contributed by atoms with Crippen molar-refractivity contribution in [3.63, 3.8) is 0 Å². The van der Waals surface area contributed by atoms with Gasteiger partial charge < -0.3 is 58.8 Å². The minimum absolute atomic E-state index is 0.272. The number of para-hydroxylation sites is 2. The Hall–Kier alpha value is -7.34.